The Hall–Kier alpha value is -4.14. The summed E-state index contributed by atoms with van der Waals surface area (Å²) in [5.74, 6) is 1.00. The molecule has 1 aliphatic carbocycles. The Kier molecular flexibility index (Phi) is 9.50. The summed E-state index contributed by atoms with van der Waals surface area (Å²) in [6.07, 6.45) is 7.73. The molecule has 1 fully saturated rings. The molecule has 0 unspecified atom stereocenters. The van der Waals surface area contributed by atoms with Gasteiger partial charge in [-0.2, -0.15) is 0 Å². The number of nitrogens with zero attached hydrogens (tertiary/aromatic N) is 2. The van der Waals surface area contributed by atoms with Gasteiger partial charge in [0.1, 0.15) is 23.4 Å². The molecule has 2 N–H and O–H groups in total. The molecule has 0 aliphatic heterocycles. The molecular formula is C29H34N4O5. The van der Waals surface area contributed by atoms with Crippen molar-refractivity contribution in [2.75, 3.05) is 12.4 Å². The Labute approximate surface area is 222 Å². The third-order valence-electron chi connectivity index (χ3n) is 6.65. The predicted molar refractivity (Wildman–Crippen MR) is 142 cm³/mol. The zero-order chi connectivity index (χ0) is 26.7. The summed E-state index contributed by atoms with van der Waals surface area (Å²) in [5, 5.41) is 5.89. The van der Waals surface area contributed by atoms with E-state index in [0.29, 0.717) is 29.3 Å². The van der Waals surface area contributed by atoms with E-state index in [-0.39, 0.29) is 43.1 Å². The van der Waals surface area contributed by atoms with Gasteiger partial charge in [0.25, 0.3) is 0 Å². The summed E-state index contributed by atoms with van der Waals surface area (Å²) in [6, 6.07) is 15.2. The zero-order valence-corrected chi connectivity index (χ0v) is 21.6. The largest absolute Gasteiger partial charge is 0.497 e. The first-order valence-corrected chi connectivity index (χ1v) is 13.0. The van der Waals surface area contributed by atoms with Crippen LogP contribution in [0.3, 0.4) is 0 Å². The average Bonchev–Trinajstić information content (AvgIpc) is 3.64. The highest BCUT2D eigenvalue weighted by Crippen LogP contribution is 2.28. The second kappa shape index (κ2) is 13.4. The summed E-state index contributed by atoms with van der Waals surface area (Å²) in [5.41, 5.74) is 0.675. The molecule has 1 aliphatic rings. The lowest BCUT2D eigenvalue weighted by atomic mass is 10.0. The molecule has 2 aromatic heterocycles. The number of ether oxygens (including phenoxy) is 1. The molecule has 0 spiro atoms. The molecule has 0 saturated heterocycles. The van der Waals surface area contributed by atoms with Crippen LogP contribution in [0.25, 0.3) is 0 Å². The lowest BCUT2D eigenvalue weighted by molar-refractivity contribution is -0.142. The van der Waals surface area contributed by atoms with E-state index in [0.717, 1.165) is 25.7 Å². The third-order valence-corrected chi connectivity index (χ3v) is 6.65. The Morgan fingerprint density at radius 1 is 1.05 bits per heavy atom. The molecule has 9 nitrogen and oxygen atoms in total. The first-order valence-electron chi connectivity index (χ1n) is 13.0. The lowest BCUT2D eigenvalue weighted by Gasteiger charge is -2.32. The number of methoxy groups -OCH3 is 1. The number of pyridine rings is 1. The number of nitrogens with one attached hydrogen (secondary N) is 2. The van der Waals surface area contributed by atoms with Gasteiger partial charge in [0.2, 0.25) is 17.7 Å². The second-order valence-corrected chi connectivity index (χ2v) is 9.38. The molecule has 1 atom stereocenters. The van der Waals surface area contributed by atoms with E-state index in [2.05, 4.69) is 15.6 Å². The third kappa shape index (κ3) is 7.44. The molecule has 0 bridgehead atoms. The summed E-state index contributed by atoms with van der Waals surface area (Å²) in [7, 11) is 1.58. The van der Waals surface area contributed by atoms with Crippen LogP contribution in [-0.4, -0.2) is 40.8 Å². The van der Waals surface area contributed by atoms with Gasteiger partial charge in [0.05, 0.1) is 19.9 Å². The van der Waals surface area contributed by atoms with Crippen molar-refractivity contribution in [3.63, 3.8) is 0 Å². The van der Waals surface area contributed by atoms with Gasteiger partial charge in [-0.25, -0.2) is 4.98 Å². The van der Waals surface area contributed by atoms with Gasteiger partial charge in [-0.05, 0) is 61.2 Å². The lowest BCUT2D eigenvalue weighted by Crippen LogP contribution is -2.45. The van der Waals surface area contributed by atoms with Crippen LogP contribution in [0.2, 0.25) is 0 Å². The number of hydrogen-bond acceptors (Lipinski definition) is 6. The molecule has 38 heavy (non-hydrogen) atoms. The quantitative estimate of drug-likeness (QED) is 0.362. The van der Waals surface area contributed by atoms with Crippen molar-refractivity contribution in [2.24, 2.45) is 0 Å². The van der Waals surface area contributed by atoms with Crippen molar-refractivity contribution in [1.29, 1.82) is 0 Å². The monoisotopic (exact) mass is 518 g/mol. The maximum Gasteiger partial charge on any atom is 0.247 e. The number of benzene rings is 1. The number of carbonyl (C=O) groups is 3. The summed E-state index contributed by atoms with van der Waals surface area (Å²) >= 11 is 0. The number of hydrogen-bond donors (Lipinski definition) is 2. The molecule has 1 saturated carbocycles. The molecular weight excluding hydrogens is 484 g/mol. The van der Waals surface area contributed by atoms with Crippen molar-refractivity contribution in [2.45, 2.75) is 63.6 Å². The fourth-order valence-corrected chi connectivity index (χ4v) is 4.69. The van der Waals surface area contributed by atoms with Crippen molar-refractivity contribution < 1.29 is 23.5 Å². The Morgan fingerprint density at radius 3 is 2.50 bits per heavy atom. The van der Waals surface area contributed by atoms with Gasteiger partial charge in [-0.15, -0.1) is 0 Å². The molecule has 0 radical (unpaired) electrons. The highest BCUT2D eigenvalue weighted by Gasteiger charge is 2.33. The van der Waals surface area contributed by atoms with Gasteiger partial charge in [0.15, 0.2) is 0 Å². The molecule has 4 rings (SSSR count). The van der Waals surface area contributed by atoms with Crippen LogP contribution in [-0.2, 0) is 20.9 Å². The highest BCUT2D eigenvalue weighted by molar-refractivity contribution is 5.91. The van der Waals surface area contributed by atoms with Gasteiger partial charge in [0, 0.05) is 25.1 Å². The van der Waals surface area contributed by atoms with Crippen LogP contribution in [0.5, 0.6) is 5.75 Å². The summed E-state index contributed by atoms with van der Waals surface area (Å²) < 4.78 is 10.8. The second-order valence-electron chi connectivity index (χ2n) is 9.38. The van der Waals surface area contributed by atoms with Crippen molar-refractivity contribution in [1.82, 2.24) is 15.2 Å². The first kappa shape index (κ1) is 26.9. The topological polar surface area (TPSA) is 114 Å². The fourth-order valence-electron chi connectivity index (χ4n) is 4.69. The van der Waals surface area contributed by atoms with Crippen molar-refractivity contribution >= 4 is 23.5 Å². The zero-order valence-electron chi connectivity index (χ0n) is 21.6. The van der Waals surface area contributed by atoms with Gasteiger partial charge >= 0.3 is 0 Å². The van der Waals surface area contributed by atoms with Crippen LogP contribution < -0.4 is 15.4 Å². The Bertz CT molecular complexity index is 1180. The average molecular weight is 519 g/mol. The normalized spacial score (nSPS) is 14.0. The van der Waals surface area contributed by atoms with E-state index in [1.807, 2.05) is 0 Å². The van der Waals surface area contributed by atoms with Crippen molar-refractivity contribution in [3.05, 3.63) is 78.4 Å². The number of anilines is 1. The maximum atomic E-state index is 13.7. The van der Waals surface area contributed by atoms with Gasteiger partial charge < -0.3 is 24.7 Å². The Morgan fingerprint density at radius 2 is 1.84 bits per heavy atom. The van der Waals surface area contributed by atoms with Crippen LogP contribution >= 0.6 is 0 Å². The first-order chi connectivity index (χ1) is 18.5. The van der Waals surface area contributed by atoms with Crippen LogP contribution in [0.1, 0.15) is 62.3 Å². The van der Waals surface area contributed by atoms with Crippen LogP contribution in [0.15, 0.2) is 71.5 Å². The van der Waals surface area contributed by atoms with E-state index >= 15 is 0 Å². The van der Waals surface area contributed by atoms with Gasteiger partial charge in [-0.3, -0.25) is 14.4 Å². The van der Waals surface area contributed by atoms with E-state index in [9.17, 15) is 14.4 Å². The molecule has 3 amide bonds. The number of furan rings is 1. The number of carbonyl (C=O) groups excluding carboxylic acids is 3. The standard InChI is InChI=1S/C29H34N4O5/c1-37-23-16-14-21(15-17-23)28(29(36)31-22-8-2-3-9-22)33(20-24-10-7-19-38-24)27(35)13-6-12-26(34)32-25-11-4-5-18-30-25/h4-5,7,10-11,14-19,22,28H,2-3,6,8-9,12-13,20H2,1H3,(H,31,36)(H,30,32,34)/t28-/m0/s1. The van der Waals surface area contributed by atoms with E-state index < -0.39 is 6.04 Å². The highest BCUT2D eigenvalue weighted by atomic mass is 16.5. The molecule has 9 heteroatoms. The van der Waals surface area contributed by atoms with Gasteiger partial charge in [-0.1, -0.05) is 31.0 Å². The van der Waals surface area contributed by atoms with E-state index in [4.69, 9.17) is 9.15 Å². The van der Waals surface area contributed by atoms with Crippen molar-refractivity contribution in [3.8, 4) is 5.75 Å². The van der Waals surface area contributed by atoms with Crippen LogP contribution in [0, 0.1) is 0 Å². The number of rotatable bonds is 12. The predicted octanol–water partition coefficient (Wildman–Crippen LogP) is 4.62. The molecule has 1 aromatic carbocycles. The molecule has 3 aromatic rings. The summed E-state index contributed by atoms with van der Waals surface area (Å²) in [4.78, 5) is 45.3. The number of aromatic nitrogens is 1. The maximum absolute atomic E-state index is 13.7. The SMILES string of the molecule is COc1ccc([C@@H](C(=O)NC2CCCC2)N(Cc2ccco2)C(=O)CCCC(=O)Nc2ccccn2)cc1. The smallest absolute Gasteiger partial charge is 0.247 e. The van der Waals surface area contributed by atoms with Crippen LogP contribution in [0.4, 0.5) is 5.82 Å². The Balaban J connectivity index is 1.51. The van der Waals surface area contributed by atoms with E-state index in [1.165, 1.54) is 0 Å². The minimum absolute atomic E-state index is 0.0964. The minimum atomic E-state index is -0.860. The molecule has 2 heterocycles. The fraction of sp³-hybridized carbons (Fsp3) is 0.379. The summed E-state index contributed by atoms with van der Waals surface area (Å²) in [6.45, 7) is 0.126. The minimum Gasteiger partial charge on any atom is -0.497 e. The molecule has 200 valence electrons. The van der Waals surface area contributed by atoms with E-state index in [1.54, 1.807) is 79.1 Å². The number of amides is 3.